The Bertz CT molecular complexity index is 2460. The summed E-state index contributed by atoms with van der Waals surface area (Å²) >= 11 is 0. The maximum atomic E-state index is 13.7. The van der Waals surface area contributed by atoms with Crippen molar-refractivity contribution in [3.8, 4) is 23.3 Å². The lowest BCUT2D eigenvalue weighted by atomic mass is 9.49. The predicted molar refractivity (Wildman–Crippen MR) is 239 cm³/mol. The largest absolute Gasteiger partial charge is 0.496 e. The molecule has 5 amide bonds. The number of nitrogens with zero attached hydrogens (tertiary/aromatic N) is 4. The van der Waals surface area contributed by atoms with Crippen molar-refractivity contribution in [2.24, 2.45) is 10.8 Å². The van der Waals surface area contributed by atoms with Crippen LogP contribution < -0.4 is 29.7 Å². The number of benzene rings is 3. The molecule has 1 unspecified atom stereocenters. The fourth-order valence-electron chi connectivity index (χ4n) is 11.7. The highest BCUT2D eigenvalue weighted by molar-refractivity contribution is 6.24. The zero-order chi connectivity index (χ0) is 46.2. The van der Waals surface area contributed by atoms with E-state index in [9.17, 15) is 29.2 Å². The molecule has 2 saturated carbocycles. The summed E-state index contributed by atoms with van der Waals surface area (Å²) in [7, 11) is 1.42. The van der Waals surface area contributed by atoms with Crippen molar-refractivity contribution in [1.29, 1.82) is 5.26 Å². The molecule has 9 rings (SSSR count). The van der Waals surface area contributed by atoms with E-state index in [1.54, 1.807) is 12.1 Å². The number of hydrogen-bond donors (Lipinski definition) is 2. The summed E-state index contributed by atoms with van der Waals surface area (Å²) in [5, 5.41) is 15.1. The summed E-state index contributed by atoms with van der Waals surface area (Å²) in [6.45, 7) is 16.4. The van der Waals surface area contributed by atoms with Crippen molar-refractivity contribution in [3.63, 3.8) is 0 Å². The molecule has 0 bridgehead atoms. The van der Waals surface area contributed by atoms with E-state index in [2.05, 4.69) is 54.2 Å². The highest BCUT2D eigenvalue weighted by Crippen LogP contribution is 2.56. The molecule has 342 valence electrons. The molecule has 4 heterocycles. The van der Waals surface area contributed by atoms with Gasteiger partial charge in [-0.3, -0.25) is 39.1 Å². The summed E-state index contributed by atoms with van der Waals surface area (Å²) in [5.74, 6) is -1.07. The van der Waals surface area contributed by atoms with Crippen LogP contribution in [0.5, 0.6) is 17.2 Å². The number of amides is 5. The van der Waals surface area contributed by atoms with Gasteiger partial charge in [0.15, 0.2) is 0 Å². The van der Waals surface area contributed by atoms with Crippen molar-refractivity contribution < 1.29 is 42.9 Å². The first kappa shape index (κ1) is 44.2. The number of fused-ring (bicyclic) bond motifs is 1. The summed E-state index contributed by atoms with van der Waals surface area (Å²) in [6, 6.07) is 16.3. The first-order chi connectivity index (χ1) is 30.9. The Kier molecular flexibility index (Phi) is 11.2. The number of ether oxygens (including phenoxy) is 4. The van der Waals surface area contributed by atoms with Gasteiger partial charge in [-0.15, -0.1) is 0 Å². The monoisotopic (exact) mass is 886 g/mol. The number of methoxy groups -OCH3 is 1. The number of rotatable bonds is 10. The number of nitriles is 1. The minimum Gasteiger partial charge on any atom is -0.496 e. The fraction of sp³-hybridized carbons (Fsp3) is 0.520. The lowest BCUT2D eigenvalue weighted by Gasteiger charge is -2.63. The zero-order valence-corrected chi connectivity index (χ0v) is 38.2. The Labute approximate surface area is 379 Å². The van der Waals surface area contributed by atoms with Crippen LogP contribution in [0.4, 0.5) is 5.69 Å². The number of piperidine rings is 2. The number of anilines is 1. The smallest absolute Gasteiger partial charge is 0.266 e. The normalized spacial score (nSPS) is 26.6. The molecule has 0 aromatic heterocycles. The van der Waals surface area contributed by atoms with Gasteiger partial charge in [-0.2, -0.15) is 5.26 Å². The van der Waals surface area contributed by atoms with E-state index >= 15 is 0 Å². The van der Waals surface area contributed by atoms with Crippen LogP contribution in [0.3, 0.4) is 0 Å². The Balaban J connectivity index is 0.758. The van der Waals surface area contributed by atoms with Crippen LogP contribution >= 0.6 is 0 Å². The Morgan fingerprint density at radius 2 is 1.55 bits per heavy atom. The third kappa shape index (κ3) is 7.78. The third-order valence-corrected chi connectivity index (χ3v) is 15.0. The molecule has 2 aliphatic carbocycles. The van der Waals surface area contributed by atoms with Gasteiger partial charge in [0.05, 0.1) is 42.1 Å². The van der Waals surface area contributed by atoms with Crippen molar-refractivity contribution in [3.05, 3.63) is 81.9 Å². The van der Waals surface area contributed by atoms with Crippen LogP contribution in [-0.4, -0.2) is 115 Å². The molecule has 2 N–H and O–H groups in total. The van der Waals surface area contributed by atoms with Crippen molar-refractivity contribution >= 4 is 35.2 Å². The molecule has 0 radical (unpaired) electrons. The SMILES string of the molecule is COc1cc(OC2CC(N3CCOC4(CCN(c5ccc(C(=O)NC6C(C)(C)C(Oc7cc(C)c(C#N)c(C)c7)C6(C)C)cc5)CC4)C3)C2)cc2c1C(=O)N(C1CCC(=O)NC1=O)C2=O. The summed E-state index contributed by atoms with van der Waals surface area (Å²) in [5.41, 5.74) is 3.45. The molecular formula is C50H58N6O9. The van der Waals surface area contributed by atoms with Crippen molar-refractivity contribution in [2.75, 3.05) is 44.8 Å². The lowest BCUT2D eigenvalue weighted by Crippen LogP contribution is -2.74. The van der Waals surface area contributed by atoms with E-state index in [0.29, 0.717) is 29.5 Å². The molecule has 15 heteroatoms. The van der Waals surface area contributed by atoms with Crippen molar-refractivity contribution in [2.45, 2.75) is 116 Å². The highest BCUT2D eigenvalue weighted by atomic mass is 16.5. The summed E-state index contributed by atoms with van der Waals surface area (Å²) in [6.07, 6.45) is 3.26. The second-order valence-electron chi connectivity index (χ2n) is 20.0. The fourth-order valence-corrected chi connectivity index (χ4v) is 11.7. The Morgan fingerprint density at radius 1 is 0.892 bits per heavy atom. The quantitative estimate of drug-likeness (QED) is 0.246. The third-order valence-electron chi connectivity index (χ3n) is 15.0. The van der Waals surface area contributed by atoms with Crippen LogP contribution in [0.15, 0.2) is 48.5 Å². The van der Waals surface area contributed by atoms with Gasteiger partial charge in [-0.05, 0) is 86.7 Å². The van der Waals surface area contributed by atoms with Gasteiger partial charge in [0.1, 0.15) is 35.5 Å². The first-order valence-electron chi connectivity index (χ1n) is 22.7. The molecule has 6 aliphatic rings. The maximum Gasteiger partial charge on any atom is 0.266 e. The van der Waals surface area contributed by atoms with Crippen molar-refractivity contribution in [1.82, 2.24) is 20.4 Å². The van der Waals surface area contributed by atoms with E-state index in [1.165, 1.54) is 7.11 Å². The van der Waals surface area contributed by atoms with Gasteiger partial charge < -0.3 is 29.2 Å². The summed E-state index contributed by atoms with van der Waals surface area (Å²) in [4.78, 5) is 70.7. The second-order valence-corrected chi connectivity index (χ2v) is 20.0. The van der Waals surface area contributed by atoms with E-state index < -0.39 is 29.7 Å². The predicted octanol–water partition coefficient (Wildman–Crippen LogP) is 5.48. The minimum atomic E-state index is -1.07. The van der Waals surface area contributed by atoms with Crippen LogP contribution in [0.25, 0.3) is 0 Å². The minimum absolute atomic E-state index is 0.0415. The molecule has 3 aromatic rings. The van der Waals surface area contributed by atoms with Crippen LogP contribution in [0.2, 0.25) is 0 Å². The van der Waals surface area contributed by atoms with E-state index in [-0.39, 0.29) is 70.3 Å². The zero-order valence-electron chi connectivity index (χ0n) is 38.2. The second kappa shape index (κ2) is 16.5. The molecule has 4 aliphatic heterocycles. The molecule has 1 atom stereocenters. The molecule has 1 spiro atoms. The molecule has 5 fully saturated rings. The number of imide groups is 2. The number of carbonyl (C=O) groups is 5. The van der Waals surface area contributed by atoms with E-state index in [0.717, 1.165) is 79.3 Å². The average Bonchev–Trinajstić information content (AvgIpc) is 3.50. The standard InChI is InChI=1S/C50H58N6O9/c1-28-20-33(21-29(2)37(28)26-51)65-47-48(3,4)46(49(47,5)6)53-42(58)30-8-10-31(11-9-30)54-16-14-50(15-17-54)27-55(18-19-63-50)32-22-34(23-32)64-35-24-36-41(39(25-35)62-7)45(61)56(44(36)60)38-12-13-40(57)52-43(38)59/h8-11,20-21,24-25,32,34,38,46-47H,12-19,22-23,27H2,1-7H3,(H,53,58)(H,52,57,59). The molecule has 3 aromatic carbocycles. The topological polar surface area (TPSA) is 180 Å². The highest BCUT2D eigenvalue weighted by Gasteiger charge is 2.64. The number of hydrogen-bond acceptors (Lipinski definition) is 12. The van der Waals surface area contributed by atoms with Gasteiger partial charge >= 0.3 is 0 Å². The van der Waals surface area contributed by atoms with Gasteiger partial charge in [0.2, 0.25) is 11.8 Å². The van der Waals surface area contributed by atoms with Crippen LogP contribution in [-0.2, 0) is 14.3 Å². The molecule has 3 saturated heterocycles. The number of carbonyl (C=O) groups excluding carboxylic acids is 5. The van der Waals surface area contributed by atoms with Crippen LogP contribution in [0.1, 0.15) is 114 Å². The number of morpholine rings is 1. The maximum absolute atomic E-state index is 13.7. The Morgan fingerprint density at radius 3 is 2.18 bits per heavy atom. The average molecular weight is 887 g/mol. The first-order valence-corrected chi connectivity index (χ1v) is 22.7. The van der Waals surface area contributed by atoms with Gasteiger partial charge in [0.25, 0.3) is 17.7 Å². The van der Waals surface area contributed by atoms with Gasteiger partial charge in [-0.25, -0.2) is 0 Å². The van der Waals surface area contributed by atoms with Gasteiger partial charge in [0, 0.05) is 85.7 Å². The van der Waals surface area contributed by atoms with E-state index in [1.807, 2.05) is 50.2 Å². The Hall–Kier alpha value is -5.98. The molecule has 65 heavy (non-hydrogen) atoms. The van der Waals surface area contributed by atoms with E-state index in [4.69, 9.17) is 18.9 Å². The number of nitrogens with one attached hydrogen (secondary N) is 2. The number of aryl methyl sites for hydroxylation is 2. The van der Waals surface area contributed by atoms with Crippen LogP contribution in [0, 0.1) is 36.0 Å². The molecular weight excluding hydrogens is 829 g/mol. The lowest BCUT2D eigenvalue weighted by molar-refractivity contribution is -0.164. The summed E-state index contributed by atoms with van der Waals surface area (Å²) < 4.78 is 25.0. The molecule has 15 nitrogen and oxygen atoms in total. The van der Waals surface area contributed by atoms with Gasteiger partial charge in [-0.1, -0.05) is 27.7 Å².